The van der Waals surface area contributed by atoms with Crippen molar-refractivity contribution in [3.05, 3.63) is 29.3 Å². The highest BCUT2D eigenvalue weighted by atomic mass is 35.5. The van der Waals surface area contributed by atoms with Gasteiger partial charge in [-0.2, -0.15) is 11.8 Å². The molecular formula is C22H31ClO6S. The number of thioether (sulfide) groups is 1. The van der Waals surface area contributed by atoms with Crippen molar-refractivity contribution in [2.45, 2.75) is 68.8 Å². The number of hydrogen-bond donors (Lipinski definition) is 3. The Labute approximate surface area is 187 Å². The van der Waals surface area contributed by atoms with Gasteiger partial charge >= 0.3 is 5.97 Å². The fourth-order valence-corrected chi connectivity index (χ4v) is 5.24. The molecule has 168 valence electrons. The number of ether oxygens (including phenoxy) is 1. The molecule has 0 aromatic heterocycles. The van der Waals surface area contributed by atoms with Crippen molar-refractivity contribution in [2.24, 2.45) is 5.92 Å². The van der Waals surface area contributed by atoms with Gasteiger partial charge in [-0.05, 0) is 38.0 Å². The molecule has 0 bridgehead atoms. The van der Waals surface area contributed by atoms with Gasteiger partial charge in [0, 0.05) is 34.8 Å². The Balaban J connectivity index is 1.78. The lowest BCUT2D eigenvalue weighted by Crippen LogP contribution is -2.37. The van der Waals surface area contributed by atoms with E-state index in [1.54, 1.807) is 31.2 Å². The summed E-state index contributed by atoms with van der Waals surface area (Å²) in [4.78, 5) is 22.9. The van der Waals surface area contributed by atoms with E-state index in [-0.39, 0.29) is 36.4 Å². The monoisotopic (exact) mass is 458 g/mol. The van der Waals surface area contributed by atoms with Crippen molar-refractivity contribution in [1.29, 1.82) is 0 Å². The first-order valence-electron chi connectivity index (χ1n) is 10.3. The van der Waals surface area contributed by atoms with E-state index in [4.69, 9.17) is 21.4 Å². The van der Waals surface area contributed by atoms with Crippen LogP contribution in [0.4, 0.5) is 0 Å². The maximum Gasteiger partial charge on any atom is 0.303 e. The normalized spacial score (nSPS) is 23.3. The van der Waals surface area contributed by atoms with Gasteiger partial charge in [-0.3, -0.25) is 9.59 Å². The predicted molar refractivity (Wildman–Crippen MR) is 118 cm³/mol. The van der Waals surface area contributed by atoms with Crippen molar-refractivity contribution < 1.29 is 29.6 Å². The average molecular weight is 459 g/mol. The van der Waals surface area contributed by atoms with Crippen molar-refractivity contribution in [3.63, 3.8) is 0 Å². The van der Waals surface area contributed by atoms with Gasteiger partial charge in [0.05, 0.1) is 6.10 Å². The molecule has 1 saturated carbocycles. The molecule has 2 unspecified atom stereocenters. The summed E-state index contributed by atoms with van der Waals surface area (Å²) in [5, 5.41) is 30.0. The highest BCUT2D eigenvalue weighted by molar-refractivity contribution is 8.00. The number of aliphatic hydroxyl groups is 2. The number of unbranched alkanes of at least 4 members (excludes halogenated alkanes) is 3. The van der Waals surface area contributed by atoms with Crippen molar-refractivity contribution >= 4 is 35.1 Å². The lowest BCUT2D eigenvalue weighted by atomic mass is 9.98. The van der Waals surface area contributed by atoms with Gasteiger partial charge in [-0.25, -0.2) is 0 Å². The van der Waals surface area contributed by atoms with E-state index in [9.17, 15) is 19.8 Å². The van der Waals surface area contributed by atoms with Crippen LogP contribution >= 0.6 is 23.4 Å². The molecule has 0 amide bonds. The largest absolute Gasteiger partial charge is 0.491 e. The minimum atomic E-state index is -1.13. The third-order valence-corrected chi connectivity index (χ3v) is 7.24. The molecular weight excluding hydrogens is 428 g/mol. The van der Waals surface area contributed by atoms with Gasteiger partial charge in [-0.1, -0.05) is 36.9 Å². The van der Waals surface area contributed by atoms with E-state index in [1.165, 1.54) is 11.8 Å². The standard InChI is InChI=1S/C22H31ClO6S/c1-22(28,13-29-16-8-6-7-15(23)11-16)14-30-21-17(18(24)12-19(21)25)9-4-2-3-5-10-20(26)27/h6-8,11,17,19,21,25,28H,2-5,9-10,12-14H2,1H3,(H,26,27)/t17-,19?,21+,22?/m0/s1. The molecule has 0 radical (unpaired) electrons. The Morgan fingerprint density at radius 3 is 2.73 bits per heavy atom. The molecule has 30 heavy (non-hydrogen) atoms. The lowest BCUT2D eigenvalue weighted by molar-refractivity contribution is -0.137. The average Bonchev–Trinajstić information content (AvgIpc) is 2.94. The van der Waals surface area contributed by atoms with E-state index in [0.717, 1.165) is 19.3 Å². The second kappa shape index (κ2) is 11.9. The minimum Gasteiger partial charge on any atom is -0.491 e. The van der Waals surface area contributed by atoms with Crippen LogP contribution in [-0.2, 0) is 9.59 Å². The number of hydrogen-bond acceptors (Lipinski definition) is 6. The summed E-state index contributed by atoms with van der Waals surface area (Å²) in [5.41, 5.74) is -1.13. The van der Waals surface area contributed by atoms with Crippen LogP contribution in [0.3, 0.4) is 0 Å². The van der Waals surface area contributed by atoms with Crippen molar-refractivity contribution in [3.8, 4) is 5.75 Å². The maximum absolute atomic E-state index is 12.3. The van der Waals surface area contributed by atoms with Crippen LogP contribution in [0.25, 0.3) is 0 Å². The first-order chi connectivity index (χ1) is 14.2. The molecule has 8 heteroatoms. The second-order valence-electron chi connectivity index (χ2n) is 8.21. The number of carbonyl (C=O) groups excluding carboxylic acids is 1. The SMILES string of the molecule is CC(O)(COc1cccc(Cl)c1)CS[C@H]1C(O)CC(=O)[C@@H]1CCCCCCC(=O)O. The number of carbonyl (C=O) groups is 2. The molecule has 0 spiro atoms. The Morgan fingerprint density at radius 1 is 1.30 bits per heavy atom. The van der Waals surface area contributed by atoms with E-state index in [1.807, 2.05) is 0 Å². The summed E-state index contributed by atoms with van der Waals surface area (Å²) >= 11 is 7.36. The smallest absolute Gasteiger partial charge is 0.303 e. The molecule has 6 nitrogen and oxygen atoms in total. The minimum absolute atomic E-state index is 0.0698. The van der Waals surface area contributed by atoms with Crippen LogP contribution < -0.4 is 4.74 Å². The van der Waals surface area contributed by atoms with Gasteiger partial charge < -0.3 is 20.1 Å². The number of aliphatic hydroxyl groups excluding tert-OH is 1. The Kier molecular flexibility index (Phi) is 9.94. The molecule has 1 fully saturated rings. The van der Waals surface area contributed by atoms with Crippen LogP contribution in [0.5, 0.6) is 5.75 Å². The van der Waals surface area contributed by atoms with Crippen molar-refractivity contribution in [1.82, 2.24) is 0 Å². The summed E-state index contributed by atoms with van der Waals surface area (Å²) < 4.78 is 5.64. The van der Waals surface area contributed by atoms with Crippen LogP contribution in [0, 0.1) is 5.92 Å². The topological polar surface area (TPSA) is 104 Å². The molecule has 0 aliphatic heterocycles. The van der Waals surface area contributed by atoms with Crippen LogP contribution in [0.2, 0.25) is 5.02 Å². The molecule has 1 aromatic rings. The third kappa shape index (κ3) is 8.46. The van der Waals surface area contributed by atoms with Gasteiger partial charge in [0.25, 0.3) is 0 Å². The molecule has 4 atom stereocenters. The van der Waals surface area contributed by atoms with E-state index < -0.39 is 17.7 Å². The van der Waals surface area contributed by atoms with Gasteiger partial charge in [0.2, 0.25) is 0 Å². The third-order valence-electron chi connectivity index (χ3n) is 5.19. The predicted octanol–water partition coefficient (Wildman–Crippen LogP) is 3.95. The number of benzene rings is 1. The molecule has 1 aliphatic rings. The zero-order valence-corrected chi connectivity index (χ0v) is 18.8. The molecule has 0 heterocycles. The Morgan fingerprint density at radius 2 is 2.03 bits per heavy atom. The molecule has 0 saturated heterocycles. The number of rotatable bonds is 13. The summed E-state index contributed by atoms with van der Waals surface area (Å²) in [6.07, 6.45) is 3.47. The molecule has 3 N–H and O–H groups in total. The van der Waals surface area contributed by atoms with Gasteiger partial charge in [-0.15, -0.1) is 0 Å². The summed E-state index contributed by atoms with van der Waals surface area (Å²) in [6.45, 7) is 1.75. The number of aliphatic carboxylic acids is 1. The second-order valence-corrected chi connectivity index (χ2v) is 9.81. The number of ketones is 1. The number of carboxylic acids is 1. The zero-order chi connectivity index (χ0) is 22.1. The van der Waals surface area contributed by atoms with E-state index >= 15 is 0 Å². The van der Waals surface area contributed by atoms with E-state index in [2.05, 4.69) is 0 Å². The summed E-state index contributed by atoms with van der Waals surface area (Å²) in [6, 6.07) is 6.96. The fourth-order valence-electron chi connectivity index (χ4n) is 3.58. The Bertz CT molecular complexity index is 711. The fraction of sp³-hybridized carbons (Fsp3) is 0.636. The highest BCUT2D eigenvalue weighted by Crippen LogP contribution is 2.37. The van der Waals surface area contributed by atoms with Crippen LogP contribution in [0.1, 0.15) is 51.9 Å². The van der Waals surface area contributed by atoms with E-state index in [0.29, 0.717) is 29.4 Å². The summed E-state index contributed by atoms with van der Waals surface area (Å²) in [5.74, 6) is -0.0384. The first-order valence-corrected chi connectivity index (χ1v) is 11.8. The maximum atomic E-state index is 12.3. The van der Waals surface area contributed by atoms with Crippen molar-refractivity contribution in [2.75, 3.05) is 12.4 Å². The van der Waals surface area contributed by atoms with Gasteiger partial charge in [0.15, 0.2) is 0 Å². The van der Waals surface area contributed by atoms with Gasteiger partial charge in [0.1, 0.15) is 23.7 Å². The number of Topliss-reactive ketones (excluding diaryl/α,β-unsaturated/α-hetero) is 1. The number of halogens is 1. The van der Waals surface area contributed by atoms with Crippen LogP contribution in [0.15, 0.2) is 24.3 Å². The Hall–Kier alpha value is -1.28. The lowest BCUT2D eigenvalue weighted by Gasteiger charge is -2.27. The summed E-state index contributed by atoms with van der Waals surface area (Å²) in [7, 11) is 0. The quantitative estimate of drug-likeness (QED) is 0.384. The molecule has 2 rings (SSSR count). The highest BCUT2D eigenvalue weighted by Gasteiger charge is 2.42. The number of carboxylic acid groups (broad SMARTS) is 1. The molecule has 1 aliphatic carbocycles. The zero-order valence-electron chi connectivity index (χ0n) is 17.3. The van der Waals surface area contributed by atoms with Crippen LogP contribution in [-0.4, -0.2) is 56.4 Å². The first kappa shape index (κ1) is 25.0. The molecule has 1 aromatic carbocycles.